The van der Waals surface area contributed by atoms with Gasteiger partial charge >= 0.3 is 0 Å². The molecule has 0 bridgehead atoms. The average Bonchev–Trinajstić information content (AvgIpc) is 2.57. The Morgan fingerprint density at radius 2 is 1.27 bits per heavy atom. The molecule has 0 aliphatic carbocycles. The van der Waals surface area contributed by atoms with E-state index in [1.807, 2.05) is 76.2 Å². The van der Waals surface area contributed by atoms with Crippen molar-refractivity contribution in [3.8, 4) is 11.5 Å². The molecule has 0 aliphatic rings. The second-order valence-corrected chi connectivity index (χ2v) is 6.61. The third kappa shape index (κ3) is 7.05. The van der Waals surface area contributed by atoms with Gasteiger partial charge in [-0.1, -0.05) is 0 Å². The first kappa shape index (κ1) is 19.6. The Balaban J connectivity index is 1.73. The van der Waals surface area contributed by atoms with E-state index in [2.05, 4.69) is 10.6 Å². The van der Waals surface area contributed by atoms with Gasteiger partial charge in [0.2, 0.25) is 5.91 Å². The normalized spacial score (nSPS) is 10.7. The van der Waals surface area contributed by atoms with Crippen LogP contribution in [0.25, 0.3) is 0 Å². The fourth-order valence-electron chi connectivity index (χ4n) is 2.36. The number of nitrogens with one attached hydrogen (secondary N) is 2. The van der Waals surface area contributed by atoms with E-state index < -0.39 is 0 Å². The number of hydrogen-bond donors (Lipinski definition) is 2. The predicted octanol–water partition coefficient (Wildman–Crippen LogP) is 4.70. The SMILES string of the molecule is CC(C)Oc1ccc(NCCC(=O)Nc2ccc(OC(C)C)cc2)cc1. The summed E-state index contributed by atoms with van der Waals surface area (Å²) in [6.45, 7) is 8.51. The van der Waals surface area contributed by atoms with Gasteiger partial charge in [0, 0.05) is 24.3 Å². The first-order valence-corrected chi connectivity index (χ1v) is 8.99. The topological polar surface area (TPSA) is 59.6 Å². The summed E-state index contributed by atoms with van der Waals surface area (Å²) in [6.07, 6.45) is 0.671. The fourth-order valence-corrected chi connectivity index (χ4v) is 2.36. The third-order valence-electron chi connectivity index (χ3n) is 3.42. The van der Waals surface area contributed by atoms with E-state index >= 15 is 0 Å². The summed E-state index contributed by atoms with van der Waals surface area (Å²) in [5.74, 6) is 1.60. The molecule has 26 heavy (non-hydrogen) atoms. The van der Waals surface area contributed by atoms with E-state index in [1.54, 1.807) is 0 Å². The minimum Gasteiger partial charge on any atom is -0.491 e. The van der Waals surface area contributed by atoms with E-state index in [0.29, 0.717) is 13.0 Å². The summed E-state index contributed by atoms with van der Waals surface area (Å²) in [4.78, 5) is 12.0. The van der Waals surface area contributed by atoms with Crippen LogP contribution in [0.3, 0.4) is 0 Å². The maximum Gasteiger partial charge on any atom is 0.226 e. The van der Waals surface area contributed by atoms with Gasteiger partial charge in [-0.2, -0.15) is 0 Å². The summed E-state index contributed by atoms with van der Waals surface area (Å²) >= 11 is 0. The van der Waals surface area contributed by atoms with E-state index in [-0.39, 0.29) is 18.1 Å². The van der Waals surface area contributed by atoms with Crippen molar-refractivity contribution in [3.05, 3.63) is 48.5 Å². The van der Waals surface area contributed by atoms with Crippen molar-refractivity contribution in [1.82, 2.24) is 0 Å². The number of rotatable bonds is 9. The second kappa shape index (κ2) is 9.70. The van der Waals surface area contributed by atoms with Gasteiger partial charge in [-0.15, -0.1) is 0 Å². The van der Waals surface area contributed by atoms with E-state index in [9.17, 15) is 4.79 Å². The molecule has 5 heteroatoms. The van der Waals surface area contributed by atoms with Crippen molar-refractivity contribution in [2.24, 2.45) is 0 Å². The molecule has 1 amide bonds. The molecule has 2 N–H and O–H groups in total. The average molecular weight is 356 g/mol. The number of carbonyl (C=O) groups is 1. The highest BCUT2D eigenvalue weighted by Gasteiger charge is 2.04. The molecule has 2 aromatic carbocycles. The molecule has 0 fully saturated rings. The van der Waals surface area contributed by atoms with Crippen LogP contribution in [-0.4, -0.2) is 24.7 Å². The summed E-state index contributed by atoms with van der Waals surface area (Å²) in [6, 6.07) is 15.1. The Hall–Kier alpha value is -2.69. The lowest BCUT2D eigenvalue weighted by Crippen LogP contribution is -2.16. The first-order valence-electron chi connectivity index (χ1n) is 8.99. The van der Waals surface area contributed by atoms with Crippen molar-refractivity contribution in [2.75, 3.05) is 17.2 Å². The van der Waals surface area contributed by atoms with Crippen molar-refractivity contribution in [3.63, 3.8) is 0 Å². The van der Waals surface area contributed by atoms with Gasteiger partial charge in [-0.25, -0.2) is 0 Å². The number of ether oxygens (including phenoxy) is 2. The van der Waals surface area contributed by atoms with Crippen LogP contribution in [0.1, 0.15) is 34.1 Å². The lowest BCUT2D eigenvalue weighted by atomic mass is 10.2. The molecule has 0 atom stereocenters. The minimum atomic E-state index is -0.0326. The van der Waals surface area contributed by atoms with Gasteiger partial charge in [-0.3, -0.25) is 4.79 Å². The molecule has 0 saturated carbocycles. The van der Waals surface area contributed by atoms with Crippen molar-refractivity contribution < 1.29 is 14.3 Å². The Morgan fingerprint density at radius 3 is 1.73 bits per heavy atom. The Labute approximate surface area is 155 Å². The van der Waals surface area contributed by atoms with Crippen molar-refractivity contribution in [2.45, 2.75) is 46.3 Å². The zero-order valence-corrected chi connectivity index (χ0v) is 15.9. The molecular weight excluding hydrogens is 328 g/mol. The molecule has 2 aromatic rings. The Bertz CT molecular complexity index is 679. The highest BCUT2D eigenvalue weighted by molar-refractivity contribution is 5.91. The van der Waals surface area contributed by atoms with Gasteiger partial charge in [0.1, 0.15) is 11.5 Å². The smallest absolute Gasteiger partial charge is 0.226 e. The highest BCUT2D eigenvalue weighted by atomic mass is 16.5. The van der Waals surface area contributed by atoms with Gasteiger partial charge < -0.3 is 20.1 Å². The number of anilines is 2. The molecule has 2 rings (SSSR count). The van der Waals surface area contributed by atoms with Gasteiger partial charge in [0.25, 0.3) is 0 Å². The van der Waals surface area contributed by atoms with E-state index in [1.165, 1.54) is 0 Å². The van der Waals surface area contributed by atoms with Gasteiger partial charge in [0.15, 0.2) is 0 Å². The van der Waals surface area contributed by atoms with Crippen LogP contribution in [-0.2, 0) is 4.79 Å². The first-order chi connectivity index (χ1) is 12.4. The van der Waals surface area contributed by atoms with Crippen molar-refractivity contribution in [1.29, 1.82) is 0 Å². The minimum absolute atomic E-state index is 0.0326. The number of benzene rings is 2. The predicted molar refractivity (Wildman–Crippen MR) is 106 cm³/mol. The molecule has 0 heterocycles. The summed E-state index contributed by atoms with van der Waals surface area (Å²) in [7, 11) is 0. The lowest BCUT2D eigenvalue weighted by molar-refractivity contribution is -0.115. The van der Waals surface area contributed by atoms with E-state index in [0.717, 1.165) is 22.9 Å². The summed E-state index contributed by atoms with van der Waals surface area (Å²) in [5, 5.41) is 6.12. The molecular formula is C21H28N2O3. The molecule has 0 aromatic heterocycles. The van der Waals surface area contributed by atoms with Crippen LogP contribution in [0.4, 0.5) is 11.4 Å². The van der Waals surface area contributed by atoms with Crippen molar-refractivity contribution >= 4 is 17.3 Å². The zero-order valence-electron chi connectivity index (χ0n) is 15.9. The van der Waals surface area contributed by atoms with Crippen LogP contribution >= 0.6 is 0 Å². The van der Waals surface area contributed by atoms with E-state index in [4.69, 9.17) is 9.47 Å². The molecule has 140 valence electrons. The molecule has 5 nitrogen and oxygen atoms in total. The Morgan fingerprint density at radius 1 is 0.808 bits per heavy atom. The molecule has 0 aliphatic heterocycles. The van der Waals surface area contributed by atoms with Crippen LogP contribution < -0.4 is 20.1 Å². The maximum absolute atomic E-state index is 12.0. The van der Waals surface area contributed by atoms with Crippen LogP contribution in [0.15, 0.2) is 48.5 Å². The van der Waals surface area contributed by atoms with Gasteiger partial charge in [0.05, 0.1) is 12.2 Å². The number of hydrogen-bond acceptors (Lipinski definition) is 4. The van der Waals surface area contributed by atoms with Crippen LogP contribution in [0.2, 0.25) is 0 Å². The monoisotopic (exact) mass is 356 g/mol. The highest BCUT2D eigenvalue weighted by Crippen LogP contribution is 2.18. The summed E-state index contributed by atoms with van der Waals surface area (Å²) in [5.41, 5.74) is 1.73. The molecule has 0 radical (unpaired) electrons. The number of carbonyl (C=O) groups excluding carboxylic acids is 1. The lowest BCUT2D eigenvalue weighted by Gasteiger charge is -2.12. The van der Waals surface area contributed by atoms with Gasteiger partial charge in [-0.05, 0) is 76.2 Å². The second-order valence-electron chi connectivity index (χ2n) is 6.61. The molecule has 0 saturated heterocycles. The Kier molecular flexibility index (Phi) is 7.33. The molecule has 0 spiro atoms. The molecule has 0 unspecified atom stereocenters. The zero-order chi connectivity index (χ0) is 18.9. The largest absolute Gasteiger partial charge is 0.491 e. The quantitative estimate of drug-likeness (QED) is 0.684. The fraction of sp³-hybridized carbons (Fsp3) is 0.381. The van der Waals surface area contributed by atoms with Crippen LogP contribution in [0.5, 0.6) is 11.5 Å². The standard InChI is InChI=1S/C21H28N2O3/c1-15(2)25-19-9-5-17(6-10-19)22-14-13-21(24)23-18-7-11-20(12-8-18)26-16(3)4/h5-12,15-16,22H,13-14H2,1-4H3,(H,23,24). The third-order valence-corrected chi connectivity index (χ3v) is 3.42. The maximum atomic E-state index is 12.0. The summed E-state index contributed by atoms with van der Waals surface area (Å²) < 4.78 is 11.2. The van der Waals surface area contributed by atoms with Crippen LogP contribution in [0, 0.1) is 0 Å². The number of amides is 1.